The molecule has 0 aromatic heterocycles. The van der Waals surface area contributed by atoms with E-state index in [4.69, 9.17) is 0 Å². The molecule has 1 fully saturated rings. The number of nitrogens with zero attached hydrogens (tertiary/aromatic N) is 1. The van der Waals surface area contributed by atoms with Crippen LogP contribution in [0.25, 0.3) is 6.08 Å². The van der Waals surface area contributed by atoms with E-state index >= 15 is 0 Å². The summed E-state index contributed by atoms with van der Waals surface area (Å²) < 4.78 is 0.939. The lowest BCUT2D eigenvalue weighted by Gasteiger charge is -2.02. The maximum absolute atomic E-state index is 12.1. The number of carbonyl (C=O) groups excluding carboxylic acids is 1. The number of aromatic carboxylic acids is 1. The Morgan fingerprint density at radius 1 is 1.20 bits per heavy atom. The molecule has 126 valence electrons. The summed E-state index contributed by atoms with van der Waals surface area (Å²) in [5, 5.41) is 21.5. The normalized spacial score (nSPS) is 17.1. The highest BCUT2D eigenvalue weighted by molar-refractivity contribution is 9.10. The zero-order chi connectivity index (χ0) is 18.0. The molecular formula is C17H11BrN2O4S. The van der Waals surface area contributed by atoms with Gasteiger partial charge in [0.15, 0.2) is 5.17 Å². The minimum atomic E-state index is -1.21. The van der Waals surface area contributed by atoms with Gasteiger partial charge in [0, 0.05) is 4.47 Å². The minimum Gasteiger partial charge on any atom is -0.508 e. The van der Waals surface area contributed by atoms with Gasteiger partial charge in [0.2, 0.25) is 0 Å². The van der Waals surface area contributed by atoms with Crippen LogP contribution in [0.3, 0.4) is 0 Å². The average Bonchev–Trinajstić information content (AvgIpc) is 2.90. The number of thioether (sulfide) groups is 1. The fraction of sp³-hybridized carbons (Fsp3) is 0. The summed E-state index contributed by atoms with van der Waals surface area (Å²) in [7, 11) is 0. The number of hydrogen-bond donors (Lipinski definition) is 3. The van der Waals surface area contributed by atoms with Crippen molar-refractivity contribution in [2.75, 3.05) is 0 Å². The molecule has 0 aliphatic carbocycles. The molecule has 3 N–H and O–H groups in total. The number of carbonyl (C=O) groups is 2. The number of carboxylic acid groups (broad SMARTS) is 1. The highest BCUT2D eigenvalue weighted by atomic mass is 79.9. The Bertz CT molecular complexity index is 923. The minimum absolute atomic E-state index is 0.146. The third-order valence-electron chi connectivity index (χ3n) is 3.25. The van der Waals surface area contributed by atoms with E-state index in [9.17, 15) is 19.8 Å². The van der Waals surface area contributed by atoms with Crippen LogP contribution in [-0.2, 0) is 4.79 Å². The van der Waals surface area contributed by atoms with E-state index in [2.05, 4.69) is 26.2 Å². The first-order valence-corrected chi connectivity index (χ1v) is 8.65. The number of hydrogen-bond acceptors (Lipinski definition) is 5. The second kappa shape index (κ2) is 7.12. The van der Waals surface area contributed by atoms with Gasteiger partial charge in [-0.1, -0.05) is 28.1 Å². The summed E-state index contributed by atoms with van der Waals surface area (Å²) in [4.78, 5) is 28.0. The molecule has 0 bridgehead atoms. The number of halogens is 1. The first kappa shape index (κ1) is 17.2. The molecule has 1 saturated heterocycles. The molecular weight excluding hydrogens is 408 g/mol. The Morgan fingerprint density at radius 3 is 2.60 bits per heavy atom. The van der Waals surface area contributed by atoms with Crippen LogP contribution in [0.2, 0.25) is 0 Å². The van der Waals surface area contributed by atoms with Crippen LogP contribution in [-0.4, -0.2) is 27.3 Å². The molecule has 2 aromatic carbocycles. The van der Waals surface area contributed by atoms with Crippen LogP contribution in [0, 0.1) is 0 Å². The molecule has 8 heteroatoms. The van der Waals surface area contributed by atoms with Crippen LogP contribution < -0.4 is 5.32 Å². The van der Waals surface area contributed by atoms with Crippen molar-refractivity contribution in [3.63, 3.8) is 0 Å². The number of aliphatic imine (C=N–C) groups is 1. The predicted octanol–water partition coefficient (Wildman–Crippen LogP) is 3.74. The van der Waals surface area contributed by atoms with Crippen molar-refractivity contribution in [3.8, 4) is 5.75 Å². The molecule has 2 aromatic rings. The van der Waals surface area contributed by atoms with Crippen LogP contribution in [0.5, 0.6) is 5.75 Å². The maximum atomic E-state index is 12.1. The maximum Gasteiger partial charge on any atom is 0.338 e. The highest BCUT2D eigenvalue weighted by Gasteiger charge is 2.24. The molecule has 0 radical (unpaired) electrons. The number of aromatic hydroxyl groups is 1. The number of carboxylic acids is 1. The van der Waals surface area contributed by atoms with Crippen LogP contribution in [0.4, 0.5) is 5.69 Å². The van der Waals surface area contributed by atoms with E-state index in [0.717, 1.165) is 27.9 Å². The third-order valence-corrected chi connectivity index (χ3v) is 4.69. The van der Waals surface area contributed by atoms with E-state index < -0.39 is 5.97 Å². The molecule has 0 saturated carbocycles. The van der Waals surface area contributed by atoms with E-state index in [1.165, 1.54) is 12.1 Å². The second-order valence-electron chi connectivity index (χ2n) is 5.04. The van der Waals surface area contributed by atoms with Gasteiger partial charge in [-0.15, -0.1) is 0 Å². The van der Waals surface area contributed by atoms with Crippen molar-refractivity contribution in [2.24, 2.45) is 4.99 Å². The zero-order valence-corrected chi connectivity index (χ0v) is 15.0. The zero-order valence-electron chi connectivity index (χ0n) is 12.6. The molecule has 1 heterocycles. The largest absolute Gasteiger partial charge is 0.508 e. The van der Waals surface area contributed by atoms with Crippen molar-refractivity contribution in [2.45, 2.75) is 0 Å². The molecule has 25 heavy (non-hydrogen) atoms. The number of nitrogens with one attached hydrogen (secondary N) is 1. The quantitative estimate of drug-likeness (QED) is 0.659. The summed E-state index contributed by atoms with van der Waals surface area (Å²) >= 11 is 4.47. The van der Waals surface area contributed by atoms with E-state index in [0.29, 0.717) is 4.91 Å². The summed E-state index contributed by atoms with van der Waals surface area (Å²) in [5.74, 6) is -1.68. The molecule has 0 atom stereocenters. The van der Waals surface area contributed by atoms with Gasteiger partial charge in [-0.25, -0.2) is 9.79 Å². The van der Waals surface area contributed by atoms with Gasteiger partial charge in [-0.3, -0.25) is 4.79 Å². The molecule has 0 spiro atoms. The van der Waals surface area contributed by atoms with E-state index in [-0.39, 0.29) is 28.1 Å². The Kier molecular flexibility index (Phi) is 4.91. The SMILES string of the molecule is O=C1NC(=Nc2ccc(O)cc2C(=O)O)S/C1=C\c1ccc(Br)cc1. The van der Waals surface area contributed by atoms with Gasteiger partial charge in [-0.05, 0) is 53.7 Å². The summed E-state index contributed by atoms with van der Waals surface area (Å²) in [6.07, 6.45) is 1.73. The van der Waals surface area contributed by atoms with Gasteiger partial charge >= 0.3 is 5.97 Å². The van der Waals surface area contributed by atoms with Crippen LogP contribution >= 0.6 is 27.7 Å². The number of rotatable bonds is 3. The smallest absolute Gasteiger partial charge is 0.338 e. The lowest BCUT2D eigenvalue weighted by Crippen LogP contribution is -2.19. The third kappa shape index (κ3) is 4.09. The van der Waals surface area contributed by atoms with Gasteiger partial charge in [0.05, 0.1) is 16.2 Å². The van der Waals surface area contributed by atoms with Gasteiger partial charge in [0.25, 0.3) is 5.91 Å². The van der Waals surface area contributed by atoms with Gasteiger partial charge < -0.3 is 15.5 Å². The van der Waals surface area contributed by atoms with E-state index in [1.807, 2.05) is 24.3 Å². The fourth-order valence-corrected chi connectivity index (χ4v) is 3.19. The number of phenolic OH excluding ortho intramolecular Hbond substituents is 1. The number of phenols is 1. The fourth-order valence-electron chi connectivity index (χ4n) is 2.09. The number of benzene rings is 2. The summed E-state index contributed by atoms with van der Waals surface area (Å²) in [5.41, 5.74) is 0.864. The highest BCUT2D eigenvalue weighted by Crippen LogP contribution is 2.30. The van der Waals surface area contributed by atoms with Crippen molar-refractivity contribution in [1.82, 2.24) is 5.32 Å². The molecule has 3 rings (SSSR count). The van der Waals surface area contributed by atoms with Gasteiger partial charge in [-0.2, -0.15) is 0 Å². The van der Waals surface area contributed by atoms with Crippen molar-refractivity contribution < 1.29 is 19.8 Å². The first-order chi connectivity index (χ1) is 11.9. The van der Waals surface area contributed by atoms with Crippen molar-refractivity contribution in [3.05, 3.63) is 63.0 Å². The van der Waals surface area contributed by atoms with Gasteiger partial charge in [0.1, 0.15) is 5.75 Å². The molecule has 1 aliphatic rings. The van der Waals surface area contributed by atoms with Crippen LogP contribution in [0.15, 0.2) is 56.8 Å². The standard InChI is InChI=1S/C17H11BrN2O4S/c18-10-3-1-9(2-4-10)7-14-15(22)20-17(25-14)19-13-6-5-11(21)8-12(13)16(23)24/h1-8,21H,(H,23,24)(H,19,20,22)/b14-7-. The van der Waals surface area contributed by atoms with E-state index in [1.54, 1.807) is 6.08 Å². The van der Waals surface area contributed by atoms with Crippen molar-refractivity contribution in [1.29, 1.82) is 0 Å². The number of amidine groups is 1. The van der Waals surface area contributed by atoms with Crippen molar-refractivity contribution >= 4 is 56.5 Å². The molecule has 6 nitrogen and oxygen atoms in total. The summed E-state index contributed by atoms with van der Waals surface area (Å²) in [6.45, 7) is 0. The Balaban J connectivity index is 1.89. The van der Waals surface area contributed by atoms with Crippen LogP contribution in [0.1, 0.15) is 15.9 Å². The number of amides is 1. The second-order valence-corrected chi connectivity index (χ2v) is 6.99. The Labute approximate surface area is 155 Å². The Morgan fingerprint density at radius 2 is 1.92 bits per heavy atom. The summed E-state index contributed by atoms with van der Waals surface area (Å²) in [6, 6.07) is 11.3. The Hall–Kier alpha value is -2.58. The lowest BCUT2D eigenvalue weighted by molar-refractivity contribution is -0.115. The topological polar surface area (TPSA) is 99.0 Å². The lowest BCUT2D eigenvalue weighted by atomic mass is 10.2. The first-order valence-electron chi connectivity index (χ1n) is 7.04. The monoisotopic (exact) mass is 418 g/mol. The molecule has 1 aliphatic heterocycles. The molecule has 0 unspecified atom stereocenters. The predicted molar refractivity (Wildman–Crippen MR) is 100 cm³/mol. The molecule has 1 amide bonds. The average molecular weight is 419 g/mol.